The molecule has 0 saturated carbocycles. The Labute approximate surface area is 103 Å². The molecule has 0 radical (unpaired) electrons. The van der Waals surface area contributed by atoms with E-state index in [-0.39, 0.29) is 5.82 Å². The average Bonchev–Trinajstić information content (AvgIpc) is 2.81. The summed E-state index contributed by atoms with van der Waals surface area (Å²) in [6.45, 7) is 2.27. The molecule has 2 aromatic heterocycles. The van der Waals surface area contributed by atoms with Crippen molar-refractivity contribution < 1.29 is 14.1 Å². The van der Waals surface area contributed by atoms with Gasteiger partial charge in [0.2, 0.25) is 5.82 Å². The molecule has 18 heavy (non-hydrogen) atoms. The SMILES string of the molecule is COC(=O)c1nccc(NCc2cc(C)no2)n1. The molecule has 2 aromatic rings. The molecule has 0 spiro atoms. The van der Waals surface area contributed by atoms with E-state index in [1.165, 1.54) is 13.3 Å². The van der Waals surface area contributed by atoms with Gasteiger partial charge in [-0.3, -0.25) is 0 Å². The lowest BCUT2D eigenvalue weighted by Crippen LogP contribution is -2.09. The summed E-state index contributed by atoms with van der Waals surface area (Å²) in [6.07, 6.45) is 1.48. The van der Waals surface area contributed by atoms with Crippen LogP contribution < -0.4 is 5.32 Å². The Hall–Kier alpha value is -2.44. The standard InChI is InChI=1S/C11H12N4O3/c1-7-5-8(18-15-7)6-13-9-3-4-12-10(14-9)11(16)17-2/h3-5H,6H2,1-2H3,(H,12,13,14). The Morgan fingerprint density at radius 1 is 1.56 bits per heavy atom. The van der Waals surface area contributed by atoms with Gasteiger partial charge in [0.05, 0.1) is 19.3 Å². The molecule has 94 valence electrons. The van der Waals surface area contributed by atoms with Crippen molar-refractivity contribution in [1.29, 1.82) is 0 Å². The summed E-state index contributed by atoms with van der Waals surface area (Å²) in [5.74, 6) is 0.635. The molecule has 7 heteroatoms. The van der Waals surface area contributed by atoms with Crippen molar-refractivity contribution in [2.45, 2.75) is 13.5 Å². The summed E-state index contributed by atoms with van der Waals surface area (Å²) in [5.41, 5.74) is 0.810. The maximum Gasteiger partial charge on any atom is 0.376 e. The first-order chi connectivity index (χ1) is 8.69. The van der Waals surface area contributed by atoms with Crippen molar-refractivity contribution >= 4 is 11.8 Å². The van der Waals surface area contributed by atoms with Gasteiger partial charge in [-0.25, -0.2) is 14.8 Å². The van der Waals surface area contributed by atoms with Crippen molar-refractivity contribution in [2.24, 2.45) is 0 Å². The molecule has 1 N–H and O–H groups in total. The molecule has 0 unspecified atom stereocenters. The van der Waals surface area contributed by atoms with Crippen LogP contribution in [0.5, 0.6) is 0 Å². The molecule has 0 bridgehead atoms. The van der Waals surface area contributed by atoms with Crippen LogP contribution in [-0.4, -0.2) is 28.2 Å². The molecule has 0 amide bonds. The van der Waals surface area contributed by atoms with E-state index in [0.29, 0.717) is 18.1 Å². The largest absolute Gasteiger partial charge is 0.463 e. The zero-order valence-corrected chi connectivity index (χ0v) is 10.0. The third kappa shape index (κ3) is 2.82. The molecule has 2 heterocycles. The van der Waals surface area contributed by atoms with Crippen LogP contribution in [0.15, 0.2) is 22.9 Å². The number of hydrogen-bond donors (Lipinski definition) is 1. The predicted octanol–water partition coefficient (Wildman–Crippen LogP) is 1.17. The third-order valence-corrected chi connectivity index (χ3v) is 2.14. The molecule has 0 aliphatic rings. The zero-order valence-electron chi connectivity index (χ0n) is 10.0. The van der Waals surface area contributed by atoms with Gasteiger partial charge >= 0.3 is 5.97 Å². The summed E-state index contributed by atoms with van der Waals surface area (Å²) >= 11 is 0. The number of aromatic nitrogens is 3. The van der Waals surface area contributed by atoms with E-state index in [4.69, 9.17) is 4.52 Å². The van der Waals surface area contributed by atoms with E-state index in [2.05, 4.69) is 25.2 Å². The highest BCUT2D eigenvalue weighted by Crippen LogP contribution is 2.07. The van der Waals surface area contributed by atoms with Crippen LogP contribution in [0.25, 0.3) is 0 Å². The second-order valence-corrected chi connectivity index (χ2v) is 3.55. The number of methoxy groups -OCH3 is 1. The number of carbonyl (C=O) groups excluding carboxylic acids is 1. The lowest BCUT2D eigenvalue weighted by Gasteiger charge is -2.03. The highest BCUT2D eigenvalue weighted by Gasteiger charge is 2.09. The number of hydrogen-bond acceptors (Lipinski definition) is 7. The Kier molecular flexibility index (Phi) is 3.52. The molecule has 0 aliphatic heterocycles. The molecule has 0 saturated heterocycles. The number of anilines is 1. The molecular weight excluding hydrogens is 236 g/mol. The minimum absolute atomic E-state index is 0.0104. The van der Waals surface area contributed by atoms with Crippen molar-refractivity contribution in [3.8, 4) is 0 Å². The Morgan fingerprint density at radius 2 is 2.39 bits per heavy atom. The van der Waals surface area contributed by atoms with E-state index >= 15 is 0 Å². The molecule has 7 nitrogen and oxygen atoms in total. The Bertz CT molecular complexity index is 553. The number of esters is 1. The number of ether oxygens (including phenoxy) is 1. The summed E-state index contributed by atoms with van der Waals surface area (Å²) in [5, 5.41) is 6.77. The van der Waals surface area contributed by atoms with E-state index in [1.54, 1.807) is 6.07 Å². The quantitative estimate of drug-likeness (QED) is 0.812. The molecule has 0 aliphatic carbocycles. The number of rotatable bonds is 4. The van der Waals surface area contributed by atoms with Crippen molar-refractivity contribution in [2.75, 3.05) is 12.4 Å². The molecule has 2 rings (SSSR count). The Morgan fingerprint density at radius 3 is 3.06 bits per heavy atom. The zero-order chi connectivity index (χ0) is 13.0. The normalized spacial score (nSPS) is 10.1. The number of carbonyl (C=O) groups is 1. The van der Waals surface area contributed by atoms with Gasteiger partial charge in [0, 0.05) is 12.3 Å². The molecule has 0 aromatic carbocycles. The van der Waals surface area contributed by atoms with E-state index in [1.807, 2.05) is 13.0 Å². The van der Waals surface area contributed by atoms with E-state index in [9.17, 15) is 4.79 Å². The molecule has 0 atom stereocenters. The predicted molar refractivity (Wildman–Crippen MR) is 61.9 cm³/mol. The van der Waals surface area contributed by atoms with E-state index in [0.717, 1.165) is 5.69 Å². The van der Waals surface area contributed by atoms with Crippen LogP contribution in [-0.2, 0) is 11.3 Å². The van der Waals surface area contributed by atoms with Crippen molar-refractivity contribution in [3.05, 3.63) is 35.6 Å². The summed E-state index contributed by atoms with van der Waals surface area (Å²) < 4.78 is 9.57. The smallest absolute Gasteiger partial charge is 0.376 e. The fourth-order valence-electron chi connectivity index (χ4n) is 1.32. The van der Waals surface area contributed by atoms with Crippen molar-refractivity contribution in [3.63, 3.8) is 0 Å². The number of nitrogens with one attached hydrogen (secondary N) is 1. The van der Waals surface area contributed by atoms with Crippen LogP contribution in [0.1, 0.15) is 22.1 Å². The number of aryl methyl sites for hydroxylation is 1. The maximum atomic E-state index is 11.2. The van der Waals surface area contributed by atoms with Gasteiger partial charge in [0.1, 0.15) is 5.82 Å². The minimum atomic E-state index is -0.575. The van der Waals surface area contributed by atoms with Gasteiger partial charge in [-0.05, 0) is 13.0 Å². The topological polar surface area (TPSA) is 90.1 Å². The highest BCUT2D eigenvalue weighted by atomic mass is 16.5. The highest BCUT2D eigenvalue weighted by molar-refractivity contribution is 5.85. The van der Waals surface area contributed by atoms with Gasteiger partial charge < -0.3 is 14.6 Å². The Balaban J connectivity index is 2.03. The van der Waals surface area contributed by atoms with Gasteiger partial charge in [-0.15, -0.1) is 0 Å². The third-order valence-electron chi connectivity index (χ3n) is 2.14. The van der Waals surface area contributed by atoms with Gasteiger partial charge in [0.25, 0.3) is 0 Å². The maximum absolute atomic E-state index is 11.2. The fourth-order valence-corrected chi connectivity index (χ4v) is 1.32. The van der Waals surface area contributed by atoms with Crippen LogP contribution in [0.3, 0.4) is 0 Å². The molecular formula is C11H12N4O3. The van der Waals surface area contributed by atoms with Gasteiger partial charge in [-0.1, -0.05) is 5.16 Å². The minimum Gasteiger partial charge on any atom is -0.463 e. The lowest BCUT2D eigenvalue weighted by atomic mass is 10.4. The first kappa shape index (κ1) is 12.0. The average molecular weight is 248 g/mol. The summed E-state index contributed by atoms with van der Waals surface area (Å²) in [6, 6.07) is 3.46. The fraction of sp³-hybridized carbons (Fsp3) is 0.273. The first-order valence-corrected chi connectivity index (χ1v) is 5.26. The van der Waals surface area contributed by atoms with Gasteiger partial charge in [0.15, 0.2) is 5.76 Å². The summed E-state index contributed by atoms with van der Waals surface area (Å²) in [7, 11) is 1.28. The van der Waals surface area contributed by atoms with Crippen LogP contribution in [0, 0.1) is 6.92 Å². The second-order valence-electron chi connectivity index (χ2n) is 3.55. The van der Waals surface area contributed by atoms with Crippen LogP contribution in [0.4, 0.5) is 5.82 Å². The first-order valence-electron chi connectivity index (χ1n) is 5.26. The van der Waals surface area contributed by atoms with Gasteiger partial charge in [-0.2, -0.15) is 0 Å². The van der Waals surface area contributed by atoms with Crippen LogP contribution >= 0.6 is 0 Å². The second kappa shape index (κ2) is 5.26. The monoisotopic (exact) mass is 248 g/mol. The lowest BCUT2D eigenvalue weighted by molar-refractivity contribution is 0.0587. The van der Waals surface area contributed by atoms with Crippen LogP contribution in [0.2, 0.25) is 0 Å². The van der Waals surface area contributed by atoms with E-state index < -0.39 is 5.97 Å². The molecule has 0 fully saturated rings. The summed E-state index contributed by atoms with van der Waals surface area (Å²) in [4.78, 5) is 19.1. The van der Waals surface area contributed by atoms with Crippen molar-refractivity contribution in [1.82, 2.24) is 15.1 Å². The number of nitrogens with zero attached hydrogens (tertiary/aromatic N) is 3.